The molecule has 2 aromatic carbocycles. The van der Waals surface area contributed by atoms with Crippen molar-refractivity contribution in [1.29, 1.82) is 0 Å². The van der Waals surface area contributed by atoms with Crippen molar-refractivity contribution in [1.82, 2.24) is 4.90 Å². The van der Waals surface area contributed by atoms with Crippen LogP contribution in [0.2, 0.25) is 5.02 Å². The number of amides is 1. The van der Waals surface area contributed by atoms with Gasteiger partial charge in [-0.15, -0.1) is 0 Å². The summed E-state index contributed by atoms with van der Waals surface area (Å²) in [5.74, 6) is 1.29. The predicted molar refractivity (Wildman–Crippen MR) is 101 cm³/mol. The second-order valence-electron chi connectivity index (χ2n) is 5.39. The lowest BCUT2D eigenvalue weighted by molar-refractivity contribution is -0.126. The molecule has 0 saturated carbocycles. The van der Waals surface area contributed by atoms with Crippen LogP contribution in [0.4, 0.5) is 0 Å². The molecule has 0 unspecified atom stereocenters. The van der Waals surface area contributed by atoms with Gasteiger partial charge in [0.05, 0.1) is 14.2 Å². The fraction of sp³-hybridized carbons (Fsp3) is 0.250. The molecule has 4 nitrogen and oxygen atoms in total. The number of rotatable bonds is 7. The highest BCUT2D eigenvalue weighted by molar-refractivity contribution is 6.31. The summed E-state index contributed by atoms with van der Waals surface area (Å²) in [6, 6.07) is 13.0. The lowest BCUT2D eigenvalue weighted by atomic mass is 10.1. The van der Waals surface area contributed by atoms with Crippen molar-refractivity contribution >= 4 is 23.6 Å². The second kappa shape index (κ2) is 9.14. The van der Waals surface area contributed by atoms with Crippen LogP contribution in [-0.4, -0.2) is 31.6 Å². The first kappa shape index (κ1) is 18.9. The van der Waals surface area contributed by atoms with Gasteiger partial charge in [-0.05, 0) is 42.8 Å². The molecule has 0 atom stereocenters. The fourth-order valence-corrected chi connectivity index (χ4v) is 2.61. The van der Waals surface area contributed by atoms with E-state index in [9.17, 15) is 4.79 Å². The molecule has 0 spiro atoms. The number of ether oxygens (including phenoxy) is 2. The van der Waals surface area contributed by atoms with Crippen LogP contribution < -0.4 is 9.47 Å². The molecule has 0 saturated heterocycles. The molecule has 5 heteroatoms. The molecule has 0 fully saturated rings. The number of methoxy groups -OCH3 is 2. The van der Waals surface area contributed by atoms with E-state index in [4.69, 9.17) is 21.1 Å². The molecule has 0 aliphatic rings. The van der Waals surface area contributed by atoms with Gasteiger partial charge in [-0.25, -0.2) is 0 Å². The Labute approximate surface area is 153 Å². The zero-order valence-electron chi connectivity index (χ0n) is 14.7. The SMILES string of the molecule is CCN(Cc1ccccc1Cl)C(=O)C=Cc1cc(OC)ccc1OC. The molecule has 2 rings (SSSR count). The second-order valence-corrected chi connectivity index (χ2v) is 5.79. The molecule has 25 heavy (non-hydrogen) atoms. The van der Waals surface area contributed by atoms with Crippen LogP contribution in [-0.2, 0) is 11.3 Å². The standard InChI is InChI=1S/C20H22ClNO3/c1-4-22(14-16-7-5-6-8-18(16)21)20(23)12-9-15-13-17(24-2)10-11-19(15)25-3/h5-13H,4,14H2,1-3H3. The van der Waals surface area contributed by atoms with E-state index in [1.807, 2.05) is 49.4 Å². The summed E-state index contributed by atoms with van der Waals surface area (Å²) in [5.41, 5.74) is 1.70. The third kappa shape index (κ3) is 5.00. The average molecular weight is 360 g/mol. The Balaban J connectivity index is 2.16. The average Bonchev–Trinajstić information content (AvgIpc) is 2.65. The van der Waals surface area contributed by atoms with Crippen molar-refractivity contribution in [3.63, 3.8) is 0 Å². The lowest BCUT2D eigenvalue weighted by Crippen LogP contribution is -2.28. The molecule has 2 aromatic rings. The summed E-state index contributed by atoms with van der Waals surface area (Å²) in [4.78, 5) is 14.3. The number of nitrogens with zero attached hydrogens (tertiary/aromatic N) is 1. The number of benzene rings is 2. The highest BCUT2D eigenvalue weighted by Crippen LogP contribution is 2.25. The van der Waals surface area contributed by atoms with Crippen LogP contribution >= 0.6 is 11.6 Å². The van der Waals surface area contributed by atoms with Gasteiger partial charge in [0.25, 0.3) is 0 Å². The van der Waals surface area contributed by atoms with Gasteiger partial charge >= 0.3 is 0 Å². The summed E-state index contributed by atoms with van der Waals surface area (Å²) >= 11 is 6.19. The van der Waals surface area contributed by atoms with Crippen LogP contribution in [0.3, 0.4) is 0 Å². The van der Waals surface area contributed by atoms with E-state index in [0.29, 0.717) is 29.6 Å². The van der Waals surface area contributed by atoms with E-state index in [1.54, 1.807) is 25.2 Å². The third-order valence-corrected chi connectivity index (χ3v) is 4.22. The van der Waals surface area contributed by atoms with Crippen molar-refractivity contribution < 1.29 is 14.3 Å². The summed E-state index contributed by atoms with van der Waals surface area (Å²) < 4.78 is 10.5. The maximum Gasteiger partial charge on any atom is 0.246 e. The molecule has 0 aromatic heterocycles. The van der Waals surface area contributed by atoms with Gasteiger partial charge in [0.1, 0.15) is 11.5 Å². The minimum atomic E-state index is -0.0905. The summed E-state index contributed by atoms with van der Waals surface area (Å²) in [6.07, 6.45) is 3.27. The monoisotopic (exact) mass is 359 g/mol. The van der Waals surface area contributed by atoms with Gasteiger partial charge in [0.15, 0.2) is 0 Å². The van der Waals surface area contributed by atoms with Crippen molar-refractivity contribution in [2.24, 2.45) is 0 Å². The Bertz CT molecular complexity index is 758. The molecule has 0 radical (unpaired) electrons. The van der Waals surface area contributed by atoms with E-state index in [0.717, 1.165) is 11.1 Å². The number of halogens is 1. The van der Waals surface area contributed by atoms with Gasteiger partial charge in [0, 0.05) is 29.8 Å². The molecule has 0 N–H and O–H groups in total. The molecule has 0 bridgehead atoms. The van der Waals surface area contributed by atoms with Gasteiger partial charge in [-0.1, -0.05) is 29.8 Å². The van der Waals surface area contributed by atoms with Crippen molar-refractivity contribution in [2.45, 2.75) is 13.5 Å². The first-order valence-corrected chi connectivity index (χ1v) is 8.39. The van der Waals surface area contributed by atoms with E-state index in [-0.39, 0.29) is 5.91 Å². The highest BCUT2D eigenvalue weighted by atomic mass is 35.5. The number of carbonyl (C=O) groups excluding carboxylic acids is 1. The van der Waals surface area contributed by atoms with Crippen LogP contribution in [0.15, 0.2) is 48.5 Å². The Morgan fingerprint density at radius 2 is 1.92 bits per heavy atom. The number of hydrogen-bond donors (Lipinski definition) is 0. The Morgan fingerprint density at radius 3 is 2.56 bits per heavy atom. The predicted octanol–water partition coefficient (Wildman–Crippen LogP) is 4.42. The molecule has 0 aliphatic heterocycles. The van der Waals surface area contributed by atoms with Gasteiger partial charge < -0.3 is 14.4 Å². The van der Waals surface area contributed by atoms with Crippen LogP contribution in [0.1, 0.15) is 18.1 Å². The molecule has 1 amide bonds. The Kier molecular flexibility index (Phi) is 6.90. The first-order chi connectivity index (χ1) is 12.1. The van der Waals surface area contributed by atoms with Crippen molar-refractivity contribution in [2.75, 3.05) is 20.8 Å². The topological polar surface area (TPSA) is 38.8 Å². The number of hydrogen-bond acceptors (Lipinski definition) is 3. The largest absolute Gasteiger partial charge is 0.497 e. The fourth-order valence-electron chi connectivity index (χ4n) is 2.41. The van der Waals surface area contributed by atoms with Crippen LogP contribution in [0.25, 0.3) is 6.08 Å². The summed E-state index contributed by atoms with van der Waals surface area (Å²) in [6.45, 7) is 2.99. The summed E-state index contributed by atoms with van der Waals surface area (Å²) in [7, 11) is 3.19. The lowest BCUT2D eigenvalue weighted by Gasteiger charge is -2.20. The van der Waals surface area contributed by atoms with E-state index in [1.165, 1.54) is 6.08 Å². The first-order valence-electron chi connectivity index (χ1n) is 8.01. The third-order valence-electron chi connectivity index (χ3n) is 3.85. The normalized spacial score (nSPS) is 10.7. The van der Waals surface area contributed by atoms with E-state index < -0.39 is 0 Å². The minimum absolute atomic E-state index is 0.0905. The van der Waals surface area contributed by atoms with Crippen molar-refractivity contribution in [3.05, 3.63) is 64.7 Å². The Morgan fingerprint density at radius 1 is 1.16 bits per heavy atom. The molecule has 0 heterocycles. The smallest absolute Gasteiger partial charge is 0.246 e. The van der Waals surface area contributed by atoms with Gasteiger partial charge in [0.2, 0.25) is 5.91 Å². The van der Waals surface area contributed by atoms with E-state index in [2.05, 4.69) is 0 Å². The molecule has 132 valence electrons. The minimum Gasteiger partial charge on any atom is -0.497 e. The maximum atomic E-state index is 12.5. The van der Waals surface area contributed by atoms with E-state index >= 15 is 0 Å². The van der Waals surface area contributed by atoms with Crippen LogP contribution in [0.5, 0.6) is 11.5 Å². The van der Waals surface area contributed by atoms with Gasteiger partial charge in [-0.3, -0.25) is 4.79 Å². The number of carbonyl (C=O) groups is 1. The van der Waals surface area contributed by atoms with Crippen molar-refractivity contribution in [3.8, 4) is 11.5 Å². The van der Waals surface area contributed by atoms with Crippen LogP contribution in [0, 0.1) is 0 Å². The molecular formula is C20H22ClNO3. The van der Waals surface area contributed by atoms with Gasteiger partial charge in [-0.2, -0.15) is 0 Å². The molecular weight excluding hydrogens is 338 g/mol. The zero-order chi connectivity index (χ0) is 18.2. The molecule has 0 aliphatic carbocycles. The maximum absolute atomic E-state index is 12.5. The number of likely N-dealkylation sites (N-methyl/N-ethyl adjacent to an activating group) is 1. The summed E-state index contributed by atoms with van der Waals surface area (Å²) in [5, 5.41) is 0.659. The highest BCUT2D eigenvalue weighted by Gasteiger charge is 2.11. The zero-order valence-corrected chi connectivity index (χ0v) is 15.4. The Hall–Kier alpha value is -2.46. The quantitative estimate of drug-likeness (QED) is 0.687.